The number of nitrogens with two attached hydrogens (primary N) is 1. The lowest BCUT2D eigenvalue weighted by atomic mass is 10.0. The van der Waals surface area contributed by atoms with Crippen LogP contribution in [0.3, 0.4) is 0 Å². The fourth-order valence-electron chi connectivity index (χ4n) is 1.85. The third-order valence-electron chi connectivity index (χ3n) is 3.38. The first kappa shape index (κ1) is 17.3. The summed E-state index contributed by atoms with van der Waals surface area (Å²) in [4.78, 5) is 10.6. The van der Waals surface area contributed by atoms with E-state index in [1.54, 1.807) is 0 Å². The molecule has 0 aliphatic carbocycles. The fraction of sp³-hybridized carbons (Fsp3) is 0.909. The molecule has 1 heterocycles. The van der Waals surface area contributed by atoms with E-state index in [-0.39, 0.29) is 18.9 Å². The number of carboxylic acid groups (broad SMARTS) is 1. The van der Waals surface area contributed by atoms with E-state index in [0.29, 0.717) is 19.8 Å². The van der Waals surface area contributed by atoms with Crippen molar-refractivity contribution in [3.63, 3.8) is 0 Å². The summed E-state index contributed by atoms with van der Waals surface area (Å²) in [6.45, 7) is 1.77. The minimum absolute atomic E-state index is 0.0660. The van der Waals surface area contributed by atoms with Crippen LogP contribution in [0.4, 0.5) is 0 Å². The normalized spacial score (nSPS) is 19.1. The molecule has 0 aromatic rings. The summed E-state index contributed by atoms with van der Waals surface area (Å²) in [6.07, 6.45) is 1.76. The van der Waals surface area contributed by atoms with Gasteiger partial charge in [-0.25, -0.2) is 4.72 Å². The second kappa shape index (κ2) is 7.89. The summed E-state index contributed by atoms with van der Waals surface area (Å²) >= 11 is 0. The number of aliphatic carboxylic acids is 1. The van der Waals surface area contributed by atoms with E-state index >= 15 is 0 Å². The monoisotopic (exact) mass is 309 g/mol. The Kier molecular flexibility index (Phi) is 6.83. The van der Waals surface area contributed by atoms with Gasteiger partial charge in [0.05, 0.1) is 0 Å². The Morgan fingerprint density at radius 2 is 2.10 bits per heavy atom. The highest BCUT2D eigenvalue weighted by Crippen LogP contribution is 2.13. The Morgan fingerprint density at radius 3 is 2.65 bits per heavy atom. The molecule has 0 spiro atoms. The van der Waals surface area contributed by atoms with E-state index in [2.05, 4.69) is 4.72 Å². The number of ether oxygens (including phenoxy) is 1. The van der Waals surface area contributed by atoms with Crippen molar-refractivity contribution in [2.24, 2.45) is 11.7 Å². The van der Waals surface area contributed by atoms with Crippen LogP contribution < -0.4 is 10.5 Å². The molecule has 0 amide bonds. The number of carbonyl (C=O) groups is 1. The van der Waals surface area contributed by atoms with Crippen LogP contribution in [0.1, 0.15) is 19.3 Å². The summed E-state index contributed by atoms with van der Waals surface area (Å²) < 4.78 is 32.7. The molecule has 118 valence electrons. The van der Waals surface area contributed by atoms with E-state index in [0.717, 1.165) is 17.1 Å². The van der Waals surface area contributed by atoms with Crippen LogP contribution in [0.25, 0.3) is 0 Å². The predicted octanol–water partition coefficient (Wildman–Crippen LogP) is -1.02. The molecule has 1 aliphatic heterocycles. The Balaban J connectivity index is 2.36. The molecule has 0 aromatic carbocycles. The molecule has 0 unspecified atom stereocenters. The van der Waals surface area contributed by atoms with Crippen LogP contribution in [0.15, 0.2) is 0 Å². The highest BCUT2D eigenvalue weighted by atomic mass is 32.2. The van der Waals surface area contributed by atoms with Crippen molar-refractivity contribution in [1.82, 2.24) is 9.03 Å². The Morgan fingerprint density at radius 1 is 1.50 bits per heavy atom. The molecule has 1 aliphatic rings. The first-order chi connectivity index (χ1) is 9.33. The van der Waals surface area contributed by atoms with Gasteiger partial charge in [-0.15, -0.1) is 0 Å². The quantitative estimate of drug-likeness (QED) is 0.527. The zero-order valence-electron chi connectivity index (χ0n) is 11.6. The lowest BCUT2D eigenvalue weighted by Gasteiger charge is -2.24. The fourth-order valence-corrected chi connectivity index (χ4v) is 2.86. The maximum atomic E-state index is 12.0. The van der Waals surface area contributed by atoms with E-state index in [1.165, 1.54) is 7.05 Å². The van der Waals surface area contributed by atoms with Crippen LogP contribution in [0.2, 0.25) is 0 Å². The van der Waals surface area contributed by atoms with E-state index in [9.17, 15) is 13.2 Å². The molecule has 8 nitrogen and oxygen atoms in total. The predicted molar refractivity (Wildman–Crippen MR) is 73.3 cm³/mol. The van der Waals surface area contributed by atoms with Crippen LogP contribution >= 0.6 is 0 Å². The molecular formula is C11H23N3O5S. The summed E-state index contributed by atoms with van der Waals surface area (Å²) in [5, 5.41) is 8.65. The van der Waals surface area contributed by atoms with Gasteiger partial charge in [-0.1, -0.05) is 0 Å². The van der Waals surface area contributed by atoms with Gasteiger partial charge in [-0.3, -0.25) is 4.79 Å². The van der Waals surface area contributed by atoms with Crippen LogP contribution in [-0.2, 0) is 19.7 Å². The highest BCUT2D eigenvalue weighted by Gasteiger charge is 2.22. The third-order valence-corrected chi connectivity index (χ3v) is 4.91. The average molecular weight is 309 g/mol. The second-order valence-corrected chi connectivity index (χ2v) is 6.83. The Hall–Kier alpha value is -0.740. The number of nitrogens with one attached hydrogen (secondary N) is 1. The van der Waals surface area contributed by atoms with E-state index in [4.69, 9.17) is 15.6 Å². The molecule has 1 fully saturated rings. The summed E-state index contributed by atoms with van der Waals surface area (Å²) in [5.74, 6) is -0.848. The SMILES string of the molecule is CN(CC[C@H](N)C(=O)O)S(=O)(=O)NCC1CCOCC1. The van der Waals surface area contributed by atoms with Gasteiger partial charge in [0.25, 0.3) is 10.2 Å². The van der Waals surface area contributed by atoms with Gasteiger partial charge in [-0.05, 0) is 25.2 Å². The molecule has 9 heteroatoms. The van der Waals surface area contributed by atoms with Crippen LogP contribution in [0, 0.1) is 5.92 Å². The minimum atomic E-state index is -3.59. The van der Waals surface area contributed by atoms with Crippen molar-refractivity contribution in [3.8, 4) is 0 Å². The maximum Gasteiger partial charge on any atom is 0.320 e. The topological polar surface area (TPSA) is 122 Å². The van der Waals surface area contributed by atoms with Gasteiger partial charge in [-0.2, -0.15) is 12.7 Å². The average Bonchev–Trinajstić information content (AvgIpc) is 2.43. The smallest absolute Gasteiger partial charge is 0.320 e. The number of carboxylic acids is 1. The first-order valence-electron chi connectivity index (χ1n) is 6.60. The molecule has 0 bridgehead atoms. The molecule has 1 saturated heterocycles. The van der Waals surface area contributed by atoms with Crippen molar-refractivity contribution in [1.29, 1.82) is 0 Å². The Bertz CT molecular complexity index is 408. The Labute approximate surface area is 119 Å². The summed E-state index contributed by atoms with van der Waals surface area (Å²) in [7, 11) is -2.18. The molecule has 4 N–H and O–H groups in total. The molecule has 1 rings (SSSR count). The number of nitrogens with zero attached hydrogens (tertiary/aromatic N) is 1. The first-order valence-corrected chi connectivity index (χ1v) is 8.04. The standard InChI is InChI=1S/C11H23N3O5S/c1-14(5-2-10(12)11(15)16)20(17,18)13-8-9-3-6-19-7-4-9/h9-10,13H,2-8,12H2,1H3,(H,15,16)/t10-/m0/s1. The van der Waals surface area contributed by atoms with Crippen molar-refractivity contribution >= 4 is 16.2 Å². The molecular weight excluding hydrogens is 286 g/mol. The largest absolute Gasteiger partial charge is 0.480 e. The van der Waals surface area contributed by atoms with Crippen LogP contribution in [0.5, 0.6) is 0 Å². The molecule has 0 radical (unpaired) electrons. The molecule has 1 atom stereocenters. The molecule has 20 heavy (non-hydrogen) atoms. The van der Waals surface area contributed by atoms with Gasteiger partial charge in [0, 0.05) is 33.4 Å². The lowest BCUT2D eigenvalue weighted by molar-refractivity contribution is -0.138. The van der Waals surface area contributed by atoms with E-state index < -0.39 is 22.2 Å². The second-order valence-electron chi connectivity index (χ2n) is 4.96. The minimum Gasteiger partial charge on any atom is -0.480 e. The zero-order valence-corrected chi connectivity index (χ0v) is 12.4. The maximum absolute atomic E-state index is 12.0. The highest BCUT2D eigenvalue weighted by molar-refractivity contribution is 7.87. The number of hydrogen-bond donors (Lipinski definition) is 3. The molecule has 0 aromatic heterocycles. The van der Waals surface area contributed by atoms with Crippen molar-refractivity contribution in [2.45, 2.75) is 25.3 Å². The molecule has 0 saturated carbocycles. The number of hydrogen-bond acceptors (Lipinski definition) is 5. The van der Waals surface area contributed by atoms with Crippen LogP contribution in [-0.4, -0.2) is 63.2 Å². The zero-order chi connectivity index (χ0) is 15.2. The number of rotatable bonds is 8. The van der Waals surface area contributed by atoms with Gasteiger partial charge in [0.2, 0.25) is 0 Å². The summed E-state index contributed by atoms with van der Waals surface area (Å²) in [6, 6.07) is -1.05. The van der Waals surface area contributed by atoms with Gasteiger partial charge < -0.3 is 15.6 Å². The lowest BCUT2D eigenvalue weighted by Crippen LogP contribution is -2.43. The van der Waals surface area contributed by atoms with E-state index in [1.807, 2.05) is 0 Å². The van der Waals surface area contributed by atoms with Gasteiger partial charge in [0.1, 0.15) is 6.04 Å². The summed E-state index contributed by atoms with van der Waals surface area (Å²) in [5.41, 5.74) is 5.34. The van der Waals surface area contributed by atoms with Crippen molar-refractivity contribution in [3.05, 3.63) is 0 Å². The van der Waals surface area contributed by atoms with Crippen molar-refractivity contribution < 1.29 is 23.1 Å². The van der Waals surface area contributed by atoms with Crippen molar-refractivity contribution in [2.75, 3.05) is 33.4 Å². The van der Waals surface area contributed by atoms with Gasteiger partial charge >= 0.3 is 5.97 Å². The third kappa shape index (κ3) is 5.71. The van der Waals surface area contributed by atoms with Gasteiger partial charge in [0.15, 0.2) is 0 Å².